The number of aliphatic hydroxyl groups excluding tert-OH is 1. The molecule has 0 saturated carbocycles. The summed E-state index contributed by atoms with van der Waals surface area (Å²) < 4.78 is 10.4. The van der Waals surface area contributed by atoms with Gasteiger partial charge in [0.1, 0.15) is 5.75 Å². The van der Waals surface area contributed by atoms with Gasteiger partial charge in [0.2, 0.25) is 6.79 Å². The van der Waals surface area contributed by atoms with Gasteiger partial charge in [-0.25, -0.2) is 0 Å². The Hall–Kier alpha value is -1.46. The number of phenolic OH excluding ortho intramolecular Hbond substituents is 1. The van der Waals surface area contributed by atoms with Crippen molar-refractivity contribution in [1.82, 2.24) is 5.32 Å². The standard InChI is InChI=1S/C12H17NO4/c1-8(2-3-14)13-6-9-4-11-12(5-10(9)15)17-7-16-11/h4-5,8,13-15H,2-3,6-7H2,1H3. The van der Waals surface area contributed by atoms with Gasteiger partial charge < -0.3 is 25.0 Å². The summed E-state index contributed by atoms with van der Waals surface area (Å²) in [6.45, 7) is 2.87. The zero-order chi connectivity index (χ0) is 12.3. The highest BCUT2D eigenvalue weighted by Gasteiger charge is 2.17. The highest BCUT2D eigenvalue weighted by molar-refractivity contribution is 5.51. The highest BCUT2D eigenvalue weighted by Crippen LogP contribution is 2.37. The van der Waals surface area contributed by atoms with E-state index in [9.17, 15) is 5.11 Å². The van der Waals surface area contributed by atoms with Gasteiger partial charge >= 0.3 is 0 Å². The first-order valence-electron chi connectivity index (χ1n) is 5.66. The van der Waals surface area contributed by atoms with Gasteiger partial charge in [0, 0.05) is 30.8 Å². The van der Waals surface area contributed by atoms with E-state index in [-0.39, 0.29) is 25.2 Å². The van der Waals surface area contributed by atoms with Crippen LogP contribution in [0, 0.1) is 0 Å². The second kappa shape index (κ2) is 5.25. The highest BCUT2D eigenvalue weighted by atomic mass is 16.7. The molecule has 0 spiro atoms. The van der Waals surface area contributed by atoms with E-state index in [1.54, 1.807) is 12.1 Å². The first-order chi connectivity index (χ1) is 8.20. The smallest absolute Gasteiger partial charge is 0.231 e. The minimum absolute atomic E-state index is 0.154. The predicted octanol–water partition coefficient (Wildman–Crippen LogP) is 0.981. The molecule has 5 heteroatoms. The maximum atomic E-state index is 9.79. The van der Waals surface area contributed by atoms with Crippen LogP contribution in [0.1, 0.15) is 18.9 Å². The van der Waals surface area contributed by atoms with Crippen molar-refractivity contribution in [3.05, 3.63) is 17.7 Å². The first kappa shape index (κ1) is 12.0. The van der Waals surface area contributed by atoms with Gasteiger partial charge in [-0.15, -0.1) is 0 Å². The van der Waals surface area contributed by atoms with E-state index in [0.29, 0.717) is 24.5 Å². The number of hydrogen-bond donors (Lipinski definition) is 3. The molecule has 1 unspecified atom stereocenters. The number of aromatic hydroxyl groups is 1. The number of ether oxygens (including phenoxy) is 2. The lowest BCUT2D eigenvalue weighted by molar-refractivity contribution is 0.174. The van der Waals surface area contributed by atoms with Crippen LogP contribution >= 0.6 is 0 Å². The lowest BCUT2D eigenvalue weighted by Crippen LogP contribution is -2.26. The fourth-order valence-corrected chi connectivity index (χ4v) is 1.69. The second-order valence-corrected chi connectivity index (χ2v) is 4.13. The van der Waals surface area contributed by atoms with Crippen LogP contribution in [-0.4, -0.2) is 29.7 Å². The third-order valence-corrected chi connectivity index (χ3v) is 2.78. The molecule has 1 aliphatic heterocycles. The summed E-state index contributed by atoms with van der Waals surface area (Å²) in [5.74, 6) is 1.43. The van der Waals surface area contributed by atoms with E-state index >= 15 is 0 Å². The average Bonchev–Trinajstić information content (AvgIpc) is 2.73. The lowest BCUT2D eigenvalue weighted by Gasteiger charge is -2.13. The van der Waals surface area contributed by atoms with E-state index in [4.69, 9.17) is 14.6 Å². The molecular weight excluding hydrogens is 222 g/mol. The zero-order valence-electron chi connectivity index (χ0n) is 9.77. The van der Waals surface area contributed by atoms with Crippen molar-refractivity contribution in [2.24, 2.45) is 0 Å². The van der Waals surface area contributed by atoms with Crippen molar-refractivity contribution in [1.29, 1.82) is 0 Å². The normalized spacial score (nSPS) is 14.9. The van der Waals surface area contributed by atoms with Crippen LogP contribution < -0.4 is 14.8 Å². The molecule has 0 aromatic heterocycles. The predicted molar refractivity (Wildman–Crippen MR) is 62.2 cm³/mol. The van der Waals surface area contributed by atoms with E-state index in [2.05, 4.69) is 5.32 Å². The molecule has 1 aromatic rings. The van der Waals surface area contributed by atoms with Crippen LogP contribution in [0.2, 0.25) is 0 Å². The fraction of sp³-hybridized carbons (Fsp3) is 0.500. The fourth-order valence-electron chi connectivity index (χ4n) is 1.69. The molecule has 1 heterocycles. The second-order valence-electron chi connectivity index (χ2n) is 4.13. The van der Waals surface area contributed by atoms with Gasteiger partial charge in [-0.1, -0.05) is 0 Å². The van der Waals surface area contributed by atoms with E-state index in [0.717, 1.165) is 5.56 Å². The summed E-state index contributed by atoms with van der Waals surface area (Å²) >= 11 is 0. The zero-order valence-corrected chi connectivity index (χ0v) is 9.77. The van der Waals surface area contributed by atoms with Crippen molar-refractivity contribution in [2.45, 2.75) is 25.9 Å². The van der Waals surface area contributed by atoms with Crippen molar-refractivity contribution in [3.63, 3.8) is 0 Å². The molecular formula is C12H17NO4. The molecule has 94 valence electrons. The van der Waals surface area contributed by atoms with E-state index in [1.807, 2.05) is 6.92 Å². The summed E-state index contributed by atoms with van der Waals surface area (Å²) in [7, 11) is 0. The number of hydrogen-bond acceptors (Lipinski definition) is 5. The van der Waals surface area contributed by atoms with Crippen LogP contribution in [0.25, 0.3) is 0 Å². The maximum absolute atomic E-state index is 9.79. The molecule has 0 amide bonds. The minimum Gasteiger partial charge on any atom is -0.507 e. The summed E-state index contributed by atoms with van der Waals surface area (Å²) in [6, 6.07) is 3.54. The SMILES string of the molecule is CC(CCO)NCc1cc2c(cc1O)OCO2. The first-order valence-corrected chi connectivity index (χ1v) is 5.66. The van der Waals surface area contributed by atoms with Crippen molar-refractivity contribution >= 4 is 0 Å². The molecule has 17 heavy (non-hydrogen) atoms. The summed E-state index contributed by atoms with van der Waals surface area (Å²) in [5.41, 5.74) is 0.763. The van der Waals surface area contributed by atoms with E-state index in [1.165, 1.54) is 0 Å². The number of benzene rings is 1. The van der Waals surface area contributed by atoms with Crippen LogP contribution in [0.3, 0.4) is 0 Å². The Labute approximate surface area is 100.0 Å². The molecule has 3 N–H and O–H groups in total. The van der Waals surface area contributed by atoms with Gasteiger partial charge in [0.15, 0.2) is 11.5 Å². The number of rotatable bonds is 5. The molecule has 0 radical (unpaired) electrons. The summed E-state index contributed by atoms with van der Waals surface area (Å²) in [6.07, 6.45) is 0.686. The number of phenols is 1. The van der Waals surface area contributed by atoms with Crippen LogP contribution in [-0.2, 0) is 6.54 Å². The molecule has 0 bridgehead atoms. The Morgan fingerprint density at radius 2 is 2.06 bits per heavy atom. The molecule has 0 fully saturated rings. The third kappa shape index (κ3) is 2.81. The van der Waals surface area contributed by atoms with Gasteiger partial charge in [-0.2, -0.15) is 0 Å². The Kier molecular flexibility index (Phi) is 3.71. The Morgan fingerprint density at radius 1 is 1.35 bits per heavy atom. The van der Waals surface area contributed by atoms with Gasteiger partial charge in [0.25, 0.3) is 0 Å². The molecule has 1 aromatic carbocycles. The molecule has 1 atom stereocenters. The lowest BCUT2D eigenvalue weighted by atomic mass is 10.1. The number of aliphatic hydroxyl groups is 1. The van der Waals surface area contributed by atoms with Crippen LogP contribution in [0.15, 0.2) is 12.1 Å². The van der Waals surface area contributed by atoms with E-state index < -0.39 is 0 Å². The van der Waals surface area contributed by atoms with Gasteiger partial charge in [-0.3, -0.25) is 0 Å². The topological polar surface area (TPSA) is 71.0 Å². The van der Waals surface area contributed by atoms with Gasteiger partial charge in [0.05, 0.1) is 0 Å². The van der Waals surface area contributed by atoms with Gasteiger partial charge in [-0.05, 0) is 19.4 Å². The van der Waals surface area contributed by atoms with Crippen molar-refractivity contribution in [3.8, 4) is 17.2 Å². The maximum Gasteiger partial charge on any atom is 0.231 e. The minimum atomic E-state index is 0.154. The average molecular weight is 239 g/mol. The quantitative estimate of drug-likeness (QED) is 0.714. The molecule has 2 rings (SSSR count). The monoisotopic (exact) mass is 239 g/mol. The van der Waals surface area contributed by atoms with Crippen molar-refractivity contribution < 1.29 is 19.7 Å². The molecule has 0 saturated heterocycles. The molecule has 0 aliphatic carbocycles. The Bertz CT molecular complexity index is 394. The third-order valence-electron chi connectivity index (χ3n) is 2.78. The Balaban J connectivity index is 2.01. The number of nitrogens with one attached hydrogen (secondary N) is 1. The Morgan fingerprint density at radius 3 is 2.76 bits per heavy atom. The summed E-state index contributed by atoms with van der Waals surface area (Å²) in [4.78, 5) is 0. The van der Waals surface area contributed by atoms with Crippen molar-refractivity contribution in [2.75, 3.05) is 13.4 Å². The summed E-state index contributed by atoms with van der Waals surface area (Å²) in [5, 5.41) is 21.8. The largest absolute Gasteiger partial charge is 0.507 e. The van der Waals surface area contributed by atoms with Crippen LogP contribution in [0.4, 0.5) is 0 Å². The molecule has 1 aliphatic rings. The number of fused-ring (bicyclic) bond motifs is 1. The molecule has 5 nitrogen and oxygen atoms in total. The van der Waals surface area contributed by atoms with Crippen LogP contribution in [0.5, 0.6) is 17.2 Å².